The summed E-state index contributed by atoms with van der Waals surface area (Å²) in [4.78, 5) is 42.2. The van der Waals surface area contributed by atoms with Gasteiger partial charge in [-0.15, -0.1) is 0 Å². The van der Waals surface area contributed by atoms with Gasteiger partial charge in [0.1, 0.15) is 11.6 Å². The number of carbonyl (C=O) groups excluding carboxylic acids is 2. The van der Waals surface area contributed by atoms with Crippen molar-refractivity contribution in [1.29, 1.82) is 0 Å². The van der Waals surface area contributed by atoms with Gasteiger partial charge in [0, 0.05) is 32.4 Å². The molecular weight excluding hydrogens is 392 g/mol. The molecule has 1 aromatic carbocycles. The van der Waals surface area contributed by atoms with Gasteiger partial charge in [-0.25, -0.2) is 9.97 Å². The first-order valence-corrected chi connectivity index (χ1v) is 10.2. The molecule has 3 aromatic rings. The van der Waals surface area contributed by atoms with Crippen LogP contribution in [-0.2, 0) is 11.2 Å². The van der Waals surface area contributed by atoms with Gasteiger partial charge in [0.15, 0.2) is 5.69 Å². The van der Waals surface area contributed by atoms with Gasteiger partial charge < -0.3 is 15.1 Å². The number of nitrogens with one attached hydrogen (secondary N) is 1. The smallest absolute Gasteiger partial charge is 0.277 e. The third-order valence-corrected chi connectivity index (χ3v) is 5.22. The topological polar surface area (TPSA) is 91.3 Å². The lowest BCUT2D eigenvalue weighted by molar-refractivity contribution is -0.130. The van der Waals surface area contributed by atoms with Crippen molar-refractivity contribution in [2.24, 2.45) is 0 Å². The van der Waals surface area contributed by atoms with E-state index in [2.05, 4.69) is 25.2 Å². The Bertz CT molecular complexity index is 1050. The van der Waals surface area contributed by atoms with E-state index < -0.39 is 0 Å². The highest BCUT2D eigenvalue weighted by molar-refractivity contribution is 6.03. The molecule has 0 saturated carbocycles. The monoisotopic (exact) mass is 416 g/mol. The molecule has 0 unspecified atom stereocenters. The molecular formula is C23H24N6O2. The highest BCUT2D eigenvalue weighted by atomic mass is 16.2. The second kappa shape index (κ2) is 9.34. The number of benzene rings is 1. The van der Waals surface area contributed by atoms with E-state index in [1.165, 1.54) is 0 Å². The highest BCUT2D eigenvalue weighted by Gasteiger charge is 2.23. The van der Waals surface area contributed by atoms with Crippen molar-refractivity contribution >= 4 is 23.5 Å². The van der Waals surface area contributed by atoms with E-state index in [9.17, 15) is 9.59 Å². The number of aromatic nitrogens is 3. The molecule has 1 aliphatic heterocycles. The lowest BCUT2D eigenvalue weighted by Crippen LogP contribution is -2.49. The SMILES string of the molecule is Cc1ncc(N2CCN(C(=O)Cc3ccccc3)CC2)nc1C(=O)Nc1ccccn1. The molecule has 1 saturated heterocycles. The zero-order valence-electron chi connectivity index (χ0n) is 17.4. The first-order valence-electron chi connectivity index (χ1n) is 10.2. The third-order valence-electron chi connectivity index (χ3n) is 5.22. The molecule has 3 heterocycles. The minimum Gasteiger partial charge on any atom is -0.352 e. The van der Waals surface area contributed by atoms with Crippen LogP contribution in [-0.4, -0.2) is 57.8 Å². The molecule has 8 nitrogen and oxygen atoms in total. The van der Waals surface area contributed by atoms with Crippen LogP contribution in [0.2, 0.25) is 0 Å². The fourth-order valence-electron chi connectivity index (χ4n) is 3.49. The summed E-state index contributed by atoms with van der Waals surface area (Å²) in [5, 5.41) is 2.75. The molecule has 2 aromatic heterocycles. The maximum absolute atomic E-state index is 12.7. The first-order chi connectivity index (χ1) is 15.1. The van der Waals surface area contributed by atoms with Gasteiger partial charge in [-0.05, 0) is 24.6 Å². The fourth-order valence-corrected chi connectivity index (χ4v) is 3.49. The molecule has 8 heteroatoms. The molecule has 158 valence electrons. The summed E-state index contributed by atoms with van der Waals surface area (Å²) in [7, 11) is 0. The number of amides is 2. The van der Waals surface area contributed by atoms with Crippen molar-refractivity contribution in [2.45, 2.75) is 13.3 Å². The van der Waals surface area contributed by atoms with Crippen molar-refractivity contribution in [2.75, 3.05) is 36.4 Å². The molecule has 0 atom stereocenters. The van der Waals surface area contributed by atoms with Crippen LogP contribution in [0.25, 0.3) is 0 Å². The fraction of sp³-hybridized carbons (Fsp3) is 0.261. The van der Waals surface area contributed by atoms with Gasteiger partial charge in [0.2, 0.25) is 5.91 Å². The van der Waals surface area contributed by atoms with Gasteiger partial charge >= 0.3 is 0 Å². The van der Waals surface area contributed by atoms with E-state index in [-0.39, 0.29) is 17.5 Å². The first kappa shape index (κ1) is 20.5. The van der Waals surface area contributed by atoms with Crippen molar-refractivity contribution < 1.29 is 9.59 Å². The summed E-state index contributed by atoms with van der Waals surface area (Å²) in [6, 6.07) is 15.1. The number of piperazine rings is 1. The Morgan fingerprint density at radius 2 is 1.71 bits per heavy atom. The van der Waals surface area contributed by atoms with Crippen molar-refractivity contribution in [1.82, 2.24) is 19.9 Å². The van der Waals surface area contributed by atoms with Gasteiger partial charge in [-0.2, -0.15) is 0 Å². The number of rotatable bonds is 5. The maximum atomic E-state index is 12.7. The number of anilines is 2. The van der Waals surface area contributed by atoms with Crippen molar-refractivity contribution in [3.8, 4) is 0 Å². The van der Waals surface area contributed by atoms with Crippen LogP contribution in [0.15, 0.2) is 60.9 Å². The van der Waals surface area contributed by atoms with E-state index in [1.54, 1.807) is 37.5 Å². The summed E-state index contributed by atoms with van der Waals surface area (Å²) in [6.07, 6.45) is 3.69. The Morgan fingerprint density at radius 1 is 0.968 bits per heavy atom. The molecule has 0 aliphatic carbocycles. The van der Waals surface area contributed by atoms with Crippen molar-refractivity contribution in [3.63, 3.8) is 0 Å². The lowest BCUT2D eigenvalue weighted by Gasteiger charge is -2.35. The summed E-state index contributed by atoms with van der Waals surface area (Å²) < 4.78 is 0. The van der Waals surface area contributed by atoms with Crippen LogP contribution >= 0.6 is 0 Å². The zero-order chi connectivity index (χ0) is 21.6. The summed E-state index contributed by atoms with van der Waals surface area (Å²) in [5.41, 5.74) is 1.84. The normalized spacial score (nSPS) is 13.7. The predicted molar refractivity (Wildman–Crippen MR) is 118 cm³/mol. The van der Waals surface area contributed by atoms with Gasteiger partial charge in [0.25, 0.3) is 5.91 Å². The number of hydrogen-bond acceptors (Lipinski definition) is 6. The van der Waals surface area contributed by atoms with Crippen LogP contribution in [0.3, 0.4) is 0 Å². The minimum absolute atomic E-state index is 0.122. The van der Waals surface area contributed by atoms with Gasteiger partial charge in [-0.1, -0.05) is 36.4 Å². The molecule has 0 bridgehead atoms. The van der Waals surface area contributed by atoms with Crippen molar-refractivity contribution in [3.05, 3.63) is 77.9 Å². The Hall–Kier alpha value is -3.81. The van der Waals surface area contributed by atoms with E-state index in [1.807, 2.05) is 35.2 Å². The maximum Gasteiger partial charge on any atom is 0.277 e. The summed E-state index contributed by atoms with van der Waals surface area (Å²) in [6.45, 7) is 4.25. The molecule has 31 heavy (non-hydrogen) atoms. The molecule has 2 amide bonds. The second-order valence-electron chi connectivity index (χ2n) is 7.36. The predicted octanol–water partition coefficient (Wildman–Crippen LogP) is 2.32. The molecule has 1 N–H and O–H groups in total. The third kappa shape index (κ3) is 5.03. The standard InChI is InChI=1S/C23H24N6O2/c1-17-22(23(31)26-19-9-5-6-10-24-19)27-20(16-25-17)28-11-13-29(14-12-28)21(30)15-18-7-3-2-4-8-18/h2-10,16H,11-15H2,1H3,(H,24,26,31). The number of nitrogens with zero attached hydrogens (tertiary/aromatic N) is 5. The molecule has 0 spiro atoms. The molecule has 4 rings (SSSR count). The van der Waals surface area contributed by atoms with E-state index in [0.717, 1.165) is 5.56 Å². The van der Waals surface area contributed by atoms with Gasteiger partial charge in [-0.3, -0.25) is 14.6 Å². The van der Waals surface area contributed by atoms with Gasteiger partial charge in [0.05, 0.1) is 18.3 Å². The average molecular weight is 416 g/mol. The minimum atomic E-state index is -0.345. The van der Waals surface area contributed by atoms with Crippen LogP contribution in [0.1, 0.15) is 21.7 Å². The number of hydrogen-bond donors (Lipinski definition) is 1. The Morgan fingerprint density at radius 3 is 2.42 bits per heavy atom. The highest BCUT2D eigenvalue weighted by Crippen LogP contribution is 2.16. The number of aryl methyl sites for hydroxylation is 1. The number of pyridine rings is 1. The van der Waals surface area contributed by atoms with Crippen LogP contribution in [0.5, 0.6) is 0 Å². The summed E-state index contributed by atoms with van der Waals surface area (Å²) >= 11 is 0. The average Bonchev–Trinajstić information content (AvgIpc) is 2.81. The Balaban J connectivity index is 1.39. The second-order valence-corrected chi connectivity index (χ2v) is 7.36. The zero-order valence-corrected chi connectivity index (χ0v) is 17.4. The van der Waals surface area contributed by atoms with E-state index >= 15 is 0 Å². The quantitative estimate of drug-likeness (QED) is 0.686. The van der Waals surface area contributed by atoms with Crippen LogP contribution in [0, 0.1) is 6.92 Å². The largest absolute Gasteiger partial charge is 0.352 e. The van der Waals surface area contributed by atoms with Crippen LogP contribution in [0.4, 0.5) is 11.6 Å². The Kier molecular flexibility index (Phi) is 6.16. The number of carbonyl (C=O) groups is 2. The molecule has 1 aliphatic rings. The molecule has 0 radical (unpaired) electrons. The molecule has 1 fully saturated rings. The van der Waals surface area contributed by atoms with Crippen LogP contribution < -0.4 is 10.2 Å². The Labute approximate surface area is 181 Å². The summed E-state index contributed by atoms with van der Waals surface area (Å²) in [5.74, 6) is 0.870. The van der Waals surface area contributed by atoms with E-state index in [4.69, 9.17) is 0 Å². The lowest BCUT2D eigenvalue weighted by atomic mass is 10.1. The van der Waals surface area contributed by atoms with E-state index in [0.29, 0.717) is 49.9 Å².